The van der Waals surface area contributed by atoms with E-state index in [1.165, 1.54) is 0 Å². The Balaban J connectivity index is 1.75. The molecule has 114 valence electrons. The number of rotatable bonds is 4. The zero-order valence-corrected chi connectivity index (χ0v) is 11.9. The topological polar surface area (TPSA) is 78.9 Å². The maximum atomic E-state index is 11.9. The van der Waals surface area contributed by atoms with Gasteiger partial charge in [0.2, 0.25) is 11.8 Å². The van der Waals surface area contributed by atoms with E-state index >= 15 is 0 Å². The second kappa shape index (κ2) is 7.04. The number of amides is 2. The predicted octanol–water partition coefficient (Wildman–Crippen LogP) is 0.0467. The Kier molecular flexibility index (Phi) is 5.37. The van der Waals surface area contributed by atoms with Crippen molar-refractivity contribution in [2.24, 2.45) is 0 Å². The van der Waals surface area contributed by atoms with E-state index in [2.05, 4.69) is 5.32 Å². The summed E-state index contributed by atoms with van der Waals surface area (Å²) in [4.78, 5) is 25.3. The lowest BCUT2D eigenvalue weighted by Crippen LogP contribution is -2.49. The van der Waals surface area contributed by atoms with E-state index in [0.717, 1.165) is 19.3 Å². The first-order chi connectivity index (χ1) is 9.59. The monoisotopic (exact) mass is 284 g/mol. The van der Waals surface area contributed by atoms with Crippen LogP contribution in [0, 0.1) is 0 Å². The van der Waals surface area contributed by atoms with Crippen LogP contribution in [0.15, 0.2) is 0 Å². The number of nitrogens with zero attached hydrogens (tertiary/aromatic N) is 1. The zero-order chi connectivity index (χ0) is 14.4. The second-order valence-corrected chi connectivity index (χ2v) is 5.74. The van der Waals surface area contributed by atoms with Gasteiger partial charge in [-0.25, -0.2) is 0 Å². The number of carbonyl (C=O) groups excluding carboxylic acids is 2. The molecule has 2 heterocycles. The molecule has 2 N–H and O–H groups in total. The second-order valence-electron chi connectivity index (χ2n) is 5.74. The highest BCUT2D eigenvalue weighted by Gasteiger charge is 2.30. The van der Waals surface area contributed by atoms with Gasteiger partial charge in [-0.3, -0.25) is 9.59 Å². The molecule has 2 fully saturated rings. The molecule has 0 aliphatic carbocycles. The molecule has 2 rings (SSSR count). The Morgan fingerprint density at radius 1 is 1.30 bits per heavy atom. The van der Waals surface area contributed by atoms with E-state index in [1.54, 1.807) is 4.90 Å². The van der Waals surface area contributed by atoms with Gasteiger partial charge in [0, 0.05) is 45.6 Å². The Hall–Kier alpha value is -1.14. The molecule has 2 aliphatic heterocycles. The number of ether oxygens (including phenoxy) is 1. The van der Waals surface area contributed by atoms with Gasteiger partial charge in [-0.2, -0.15) is 0 Å². The first-order valence-corrected chi connectivity index (χ1v) is 7.44. The molecule has 0 bridgehead atoms. The molecule has 0 radical (unpaired) electrons. The molecular formula is C14H24N2O4. The zero-order valence-electron chi connectivity index (χ0n) is 11.9. The summed E-state index contributed by atoms with van der Waals surface area (Å²) in [6.07, 6.45) is 4.53. The fraction of sp³-hybridized carbons (Fsp3) is 0.857. The van der Waals surface area contributed by atoms with Crippen molar-refractivity contribution in [2.45, 2.75) is 44.1 Å². The average Bonchev–Trinajstić information content (AvgIpc) is 2.63. The molecule has 6 nitrogen and oxygen atoms in total. The third kappa shape index (κ3) is 4.45. The summed E-state index contributed by atoms with van der Waals surface area (Å²) < 4.78 is 5.20. The van der Waals surface area contributed by atoms with Gasteiger partial charge in [-0.15, -0.1) is 0 Å². The highest BCUT2D eigenvalue weighted by Crippen LogP contribution is 2.19. The lowest BCUT2D eigenvalue weighted by Gasteiger charge is -2.32. The summed E-state index contributed by atoms with van der Waals surface area (Å²) in [5, 5.41) is 13.0. The minimum atomic E-state index is -0.864. The molecule has 6 heteroatoms. The van der Waals surface area contributed by atoms with E-state index in [1.807, 2.05) is 0 Å². The van der Waals surface area contributed by atoms with Crippen molar-refractivity contribution in [1.29, 1.82) is 0 Å². The van der Waals surface area contributed by atoms with Gasteiger partial charge < -0.3 is 20.1 Å². The van der Waals surface area contributed by atoms with Crippen LogP contribution in [0.4, 0.5) is 0 Å². The van der Waals surface area contributed by atoms with Crippen LogP contribution >= 0.6 is 0 Å². The highest BCUT2D eigenvalue weighted by molar-refractivity contribution is 5.84. The average molecular weight is 284 g/mol. The molecular weight excluding hydrogens is 260 g/mol. The molecule has 0 unspecified atom stereocenters. The largest absolute Gasteiger partial charge is 0.388 e. The molecule has 2 amide bonds. The van der Waals surface area contributed by atoms with Gasteiger partial charge in [0.25, 0.3) is 0 Å². The number of hydrogen-bond donors (Lipinski definition) is 2. The molecule has 0 saturated carbocycles. The van der Waals surface area contributed by atoms with Crippen molar-refractivity contribution in [3.8, 4) is 0 Å². The van der Waals surface area contributed by atoms with Crippen molar-refractivity contribution in [1.82, 2.24) is 10.2 Å². The van der Waals surface area contributed by atoms with Gasteiger partial charge >= 0.3 is 0 Å². The van der Waals surface area contributed by atoms with Gasteiger partial charge in [0.05, 0.1) is 12.1 Å². The Morgan fingerprint density at radius 2 is 2.05 bits per heavy atom. The highest BCUT2D eigenvalue weighted by atomic mass is 16.5. The fourth-order valence-corrected chi connectivity index (χ4v) is 2.63. The summed E-state index contributed by atoms with van der Waals surface area (Å²) in [6.45, 7) is 2.04. The van der Waals surface area contributed by atoms with Crippen molar-refractivity contribution in [2.75, 3.05) is 32.8 Å². The lowest BCUT2D eigenvalue weighted by atomic mass is 9.94. The van der Waals surface area contributed by atoms with Crippen LogP contribution in [0.5, 0.6) is 0 Å². The maximum absolute atomic E-state index is 11.9. The van der Waals surface area contributed by atoms with Crippen molar-refractivity contribution >= 4 is 11.8 Å². The summed E-state index contributed by atoms with van der Waals surface area (Å²) in [5.74, 6) is -0.136. The first kappa shape index (κ1) is 15.3. The van der Waals surface area contributed by atoms with Crippen LogP contribution in [0.3, 0.4) is 0 Å². The minimum Gasteiger partial charge on any atom is -0.388 e. The molecule has 0 atom stereocenters. The van der Waals surface area contributed by atoms with Crippen molar-refractivity contribution in [3.05, 3.63) is 0 Å². The predicted molar refractivity (Wildman–Crippen MR) is 73.1 cm³/mol. The standard InChI is InChI=1S/C14H24N2O4/c17-12(10-16-7-3-1-2-4-13(16)18)15-11-14(19)5-8-20-9-6-14/h19H,1-11H2,(H,15,17). The molecule has 2 aliphatic rings. The lowest BCUT2D eigenvalue weighted by molar-refractivity contribution is -0.136. The molecule has 0 aromatic carbocycles. The number of carbonyl (C=O) groups is 2. The normalized spacial score (nSPS) is 23.2. The Labute approximate surface area is 119 Å². The van der Waals surface area contributed by atoms with E-state index in [4.69, 9.17) is 4.74 Å². The van der Waals surface area contributed by atoms with Crippen LogP contribution in [-0.2, 0) is 14.3 Å². The van der Waals surface area contributed by atoms with E-state index in [9.17, 15) is 14.7 Å². The number of nitrogens with one attached hydrogen (secondary N) is 1. The summed E-state index contributed by atoms with van der Waals surface area (Å²) >= 11 is 0. The van der Waals surface area contributed by atoms with Gasteiger partial charge in [-0.05, 0) is 12.8 Å². The molecule has 20 heavy (non-hydrogen) atoms. The van der Waals surface area contributed by atoms with E-state index in [-0.39, 0.29) is 24.9 Å². The number of likely N-dealkylation sites (tertiary alicyclic amines) is 1. The number of aliphatic hydroxyl groups is 1. The van der Waals surface area contributed by atoms with Crippen LogP contribution in [0.1, 0.15) is 38.5 Å². The summed E-state index contributed by atoms with van der Waals surface area (Å²) in [5.41, 5.74) is -0.864. The van der Waals surface area contributed by atoms with Gasteiger partial charge in [0.1, 0.15) is 0 Å². The third-order valence-corrected chi connectivity index (χ3v) is 4.04. The maximum Gasteiger partial charge on any atom is 0.239 e. The van der Waals surface area contributed by atoms with E-state index < -0.39 is 5.60 Å². The summed E-state index contributed by atoms with van der Waals surface area (Å²) in [7, 11) is 0. The summed E-state index contributed by atoms with van der Waals surface area (Å²) in [6, 6.07) is 0. The quantitative estimate of drug-likeness (QED) is 0.764. The molecule has 0 aromatic heterocycles. The van der Waals surface area contributed by atoms with Crippen LogP contribution in [0.2, 0.25) is 0 Å². The first-order valence-electron chi connectivity index (χ1n) is 7.44. The minimum absolute atomic E-state index is 0.0578. The van der Waals surface area contributed by atoms with Crippen LogP contribution in [0.25, 0.3) is 0 Å². The van der Waals surface area contributed by atoms with Crippen molar-refractivity contribution in [3.63, 3.8) is 0 Å². The van der Waals surface area contributed by atoms with Gasteiger partial charge in [-0.1, -0.05) is 6.42 Å². The van der Waals surface area contributed by atoms with Crippen molar-refractivity contribution < 1.29 is 19.4 Å². The SMILES string of the molecule is O=C(CN1CCCCCC1=O)NCC1(O)CCOCC1. The van der Waals surface area contributed by atoms with Crippen LogP contribution < -0.4 is 5.32 Å². The molecule has 0 spiro atoms. The smallest absolute Gasteiger partial charge is 0.239 e. The Bertz CT molecular complexity index is 353. The molecule has 2 saturated heterocycles. The Morgan fingerprint density at radius 3 is 2.80 bits per heavy atom. The third-order valence-electron chi connectivity index (χ3n) is 4.04. The molecule has 0 aromatic rings. The number of hydrogen-bond acceptors (Lipinski definition) is 4. The fourth-order valence-electron chi connectivity index (χ4n) is 2.63. The van der Waals surface area contributed by atoms with Crippen LogP contribution in [-0.4, -0.2) is 60.3 Å². The van der Waals surface area contributed by atoms with Gasteiger partial charge in [0.15, 0.2) is 0 Å². The van der Waals surface area contributed by atoms with E-state index in [0.29, 0.717) is 39.0 Å².